The van der Waals surface area contributed by atoms with Crippen LogP contribution >= 0.6 is 34.2 Å². The highest BCUT2D eigenvalue weighted by Gasteiger charge is 1.93. The van der Waals surface area contributed by atoms with Gasteiger partial charge in [-0.05, 0) is 30.1 Å². The number of hydrogen-bond acceptors (Lipinski definition) is 2. The summed E-state index contributed by atoms with van der Waals surface area (Å²) in [5.74, 6) is 0.784. The van der Waals surface area contributed by atoms with Crippen molar-refractivity contribution in [1.29, 1.82) is 0 Å². The fourth-order valence-electron chi connectivity index (χ4n) is 1.63. The minimum absolute atomic E-state index is 0.739. The van der Waals surface area contributed by atoms with Crippen LogP contribution in [0.5, 0.6) is 0 Å². The molecule has 0 bridgehead atoms. The minimum atomic E-state index is 0.739. The number of hydrogen-bond donors (Lipinski definition) is 0. The molecule has 0 aliphatic heterocycles. The Morgan fingerprint density at radius 1 is 0.611 bits per heavy atom. The van der Waals surface area contributed by atoms with E-state index in [-0.39, 0.29) is 0 Å². The zero-order valence-electron chi connectivity index (χ0n) is 11.5. The first-order valence-electron chi connectivity index (χ1n) is 7.19. The van der Waals surface area contributed by atoms with Gasteiger partial charge in [0.15, 0.2) is 0 Å². The summed E-state index contributed by atoms with van der Waals surface area (Å²) in [6.45, 7) is 3.23. The van der Waals surface area contributed by atoms with Crippen molar-refractivity contribution in [3.63, 3.8) is 0 Å². The van der Waals surface area contributed by atoms with E-state index in [0.29, 0.717) is 0 Å². The van der Waals surface area contributed by atoms with Crippen LogP contribution in [0.25, 0.3) is 0 Å². The summed E-state index contributed by atoms with van der Waals surface area (Å²) in [5.41, 5.74) is 0. The molecule has 0 rings (SSSR count). The molecule has 0 aromatic rings. The van der Waals surface area contributed by atoms with Crippen molar-refractivity contribution in [3.05, 3.63) is 0 Å². The highest BCUT2D eigenvalue weighted by Crippen LogP contribution is 2.03. The highest BCUT2D eigenvalue weighted by atomic mass is 127. The molecular weight excluding hydrogens is 363 g/mol. The average molecular weight is 391 g/mol. The van der Waals surface area contributed by atoms with E-state index in [1.165, 1.54) is 43.0 Å². The van der Waals surface area contributed by atoms with Crippen molar-refractivity contribution in [3.8, 4) is 0 Å². The van der Waals surface area contributed by atoms with Gasteiger partial charge in [0.05, 0.1) is 13.2 Å². The average Bonchev–Trinajstić information content (AvgIpc) is 2.39. The molecule has 0 aromatic heterocycles. The summed E-state index contributed by atoms with van der Waals surface area (Å²) >= 11 is 8.03. The third-order valence-corrected chi connectivity index (χ3v) is 3.75. The fourth-order valence-corrected chi connectivity index (χ4v) is 2.35. The second-order valence-corrected chi connectivity index (χ2v) is 5.89. The molecule has 110 valence electrons. The monoisotopic (exact) mass is 390 g/mol. The van der Waals surface area contributed by atoms with Gasteiger partial charge >= 0.3 is 0 Å². The summed E-state index contributed by atoms with van der Waals surface area (Å²) < 4.78 is 12.3. The zero-order valence-corrected chi connectivity index (χ0v) is 14.4. The maximum Gasteiger partial charge on any atom is 0.0700 e. The molecule has 18 heavy (non-hydrogen) atoms. The molecule has 0 aromatic carbocycles. The normalized spacial score (nSPS) is 11.0. The zero-order chi connectivity index (χ0) is 13.3. The molecule has 0 aliphatic rings. The Morgan fingerprint density at radius 2 is 1.11 bits per heavy atom. The van der Waals surface area contributed by atoms with Gasteiger partial charge in [-0.3, -0.25) is 0 Å². The van der Waals surface area contributed by atoms with Crippen LogP contribution in [0.3, 0.4) is 0 Å². The summed E-state index contributed by atoms with van der Waals surface area (Å²) in [6.07, 6.45) is 9.89. The van der Waals surface area contributed by atoms with Gasteiger partial charge < -0.3 is 9.47 Å². The first kappa shape index (κ1) is 18.9. The molecule has 0 spiro atoms. The summed E-state index contributed by atoms with van der Waals surface area (Å²) in [5, 5.41) is 0. The van der Waals surface area contributed by atoms with E-state index in [1.54, 1.807) is 0 Å². The number of halogens is 2. The lowest BCUT2D eigenvalue weighted by Crippen LogP contribution is -2.06. The highest BCUT2D eigenvalue weighted by molar-refractivity contribution is 14.1. The summed E-state index contributed by atoms with van der Waals surface area (Å²) in [6, 6.07) is 0. The van der Waals surface area contributed by atoms with Crippen LogP contribution in [0.15, 0.2) is 0 Å². The van der Waals surface area contributed by atoms with Crippen molar-refractivity contribution in [2.75, 3.05) is 36.7 Å². The van der Waals surface area contributed by atoms with Crippen LogP contribution in [0.4, 0.5) is 0 Å². The summed E-state index contributed by atoms with van der Waals surface area (Å²) in [4.78, 5) is 0. The van der Waals surface area contributed by atoms with Gasteiger partial charge in [0.1, 0.15) is 0 Å². The van der Waals surface area contributed by atoms with Crippen LogP contribution in [0, 0.1) is 0 Å². The number of alkyl halides is 2. The molecule has 0 aliphatic carbocycles. The first-order valence-corrected chi connectivity index (χ1v) is 9.25. The SMILES string of the molecule is ClCCCCCCOCCOCCCCCCI. The van der Waals surface area contributed by atoms with Crippen molar-refractivity contribution in [2.45, 2.75) is 51.4 Å². The second kappa shape index (κ2) is 17.9. The molecule has 0 saturated heterocycles. The first-order chi connectivity index (χ1) is 8.91. The van der Waals surface area contributed by atoms with E-state index in [1.807, 2.05) is 0 Å². The van der Waals surface area contributed by atoms with Crippen LogP contribution in [0.1, 0.15) is 51.4 Å². The maximum atomic E-state index is 5.60. The lowest BCUT2D eigenvalue weighted by molar-refractivity contribution is 0.0449. The van der Waals surface area contributed by atoms with Gasteiger partial charge in [-0.15, -0.1) is 11.6 Å². The Hall–Kier alpha value is 0.940. The molecule has 0 unspecified atom stereocenters. The molecular formula is C14H28ClIO2. The Labute approximate surface area is 131 Å². The molecule has 0 amide bonds. The van der Waals surface area contributed by atoms with Crippen LogP contribution < -0.4 is 0 Å². The van der Waals surface area contributed by atoms with Gasteiger partial charge in [0, 0.05) is 19.1 Å². The molecule has 0 atom stereocenters. The standard InChI is InChI=1S/C14H28ClIO2/c15-9-5-1-3-7-11-17-13-14-18-12-8-4-2-6-10-16/h1-14H2. The Morgan fingerprint density at radius 3 is 1.61 bits per heavy atom. The summed E-state index contributed by atoms with van der Waals surface area (Å²) in [7, 11) is 0. The molecule has 0 fully saturated rings. The van der Waals surface area contributed by atoms with E-state index >= 15 is 0 Å². The van der Waals surface area contributed by atoms with Crippen molar-refractivity contribution in [1.82, 2.24) is 0 Å². The number of unbranched alkanes of at least 4 members (excludes halogenated alkanes) is 6. The van der Waals surface area contributed by atoms with E-state index in [4.69, 9.17) is 21.1 Å². The van der Waals surface area contributed by atoms with Gasteiger partial charge in [0.2, 0.25) is 0 Å². The Kier molecular flexibility index (Phi) is 18.9. The molecule has 0 N–H and O–H groups in total. The second-order valence-electron chi connectivity index (χ2n) is 4.43. The topological polar surface area (TPSA) is 18.5 Å². The van der Waals surface area contributed by atoms with E-state index in [2.05, 4.69) is 22.6 Å². The van der Waals surface area contributed by atoms with E-state index < -0.39 is 0 Å². The fraction of sp³-hybridized carbons (Fsp3) is 1.00. The molecule has 0 heterocycles. The molecule has 0 radical (unpaired) electrons. The number of ether oxygens (including phenoxy) is 2. The van der Waals surface area contributed by atoms with Gasteiger partial charge in [-0.2, -0.15) is 0 Å². The number of rotatable bonds is 15. The maximum absolute atomic E-state index is 5.60. The molecule has 2 nitrogen and oxygen atoms in total. The Balaban J connectivity index is 2.86. The van der Waals surface area contributed by atoms with Crippen molar-refractivity contribution < 1.29 is 9.47 Å². The van der Waals surface area contributed by atoms with Crippen LogP contribution in [0.2, 0.25) is 0 Å². The van der Waals surface area contributed by atoms with Crippen LogP contribution in [-0.2, 0) is 9.47 Å². The molecule has 0 saturated carbocycles. The quantitative estimate of drug-likeness (QED) is 0.227. The largest absolute Gasteiger partial charge is 0.379 e. The van der Waals surface area contributed by atoms with Gasteiger partial charge in [-0.25, -0.2) is 0 Å². The van der Waals surface area contributed by atoms with Crippen molar-refractivity contribution in [2.24, 2.45) is 0 Å². The van der Waals surface area contributed by atoms with Gasteiger partial charge in [0.25, 0.3) is 0 Å². The smallest absolute Gasteiger partial charge is 0.0700 e. The van der Waals surface area contributed by atoms with E-state index in [9.17, 15) is 0 Å². The third-order valence-electron chi connectivity index (χ3n) is 2.72. The Bertz CT molecular complexity index is 132. The van der Waals surface area contributed by atoms with Crippen LogP contribution in [-0.4, -0.2) is 36.7 Å². The third kappa shape index (κ3) is 16.9. The predicted molar refractivity (Wildman–Crippen MR) is 88.2 cm³/mol. The lowest BCUT2D eigenvalue weighted by atomic mass is 10.2. The predicted octanol–water partition coefficient (Wildman–Crippen LogP) is 4.81. The van der Waals surface area contributed by atoms with E-state index in [0.717, 1.165) is 45.1 Å². The lowest BCUT2D eigenvalue weighted by Gasteiger charge is -2.05. The molecule has 4 heteroatoms. The van der Waals surface area contributed by atoms with Gasteiger partial charge in [-0.1, -0.05) is 48.3 Å². The van der Waals surface area contributed by atoms with Crippen molar-refractivity contribution >= 4 is 34.2 Å². The minimum Gasteiger partial charge on any atom is -0.379 e.